The fraction of sp³-hybridized carbons (Fsp3) is 0.625. The number of halogens is 1. The Morgan fingerprint density at radius 1 is 1.14 bits per heavy atom. The van der Waals surface area contributed by atoms with Crippen molar-refractivity contribution in [3.63, 3.8) is 0 Å². The number of benzene rings is 1. The number of alkyl carbamates (subject to hydrolysis) is 1. The number of amides is 2. The van der Waals surface area contributed by atoms with E-state index in [0.717, 1.165) is 71.2 Å². The first-order valence-corrected chi connectivity index (χ1v) is 15.6. The Morgan fingerprint density at radius 2 is 1.86 bits per heavy atom. The van der Waals surface area contributed by atoms with E-state index >= 15 is 0 Å². The molecule has 3 aliphatic rings. The number of hydrogen-bond donors (Lipinski definition) is 1. The molecule has 1 spiro atoms. The molecule has 1 N–H and O–H groups in total. The Labute approximate surface area is 253 Å². The van der Waals surface area contributed by atoms with Crippen molar-refractivity contribution in [1.82, 2.24) is 20.2 Å². The van der Waals surface area contributed by atoms with E-state index in [2.05, 4.69) is 25.1 Å². The van der Waals surface area contributed by atoms with Gasteiger partial charge in [0.2, 0.25) is 5.91 Å². The summed E-state index contributed by atoms with van der Waals surface area (Å²) in [6.45, 7) is 11.0. The van der Waals surface area contributed by atoms with Gasteiger partial charge in [0, 0.05) is 49.6 Å². The van der Waals surface area contributed by atoms with Crippen LogP contribution in [0.15, 0.2) is 30.7 Å². The highest BCUT2D eigenvalue weighted by Gasteiger charge is 2.46. The van der Waals surface area contributed by atoms with Gasteiger partial charge in [-0.25, -0.2) is 19.2 Å². The zero-order valence-corrected chi connectivity index (χ0v) is 25.9. The SMILES string of the molecule is CCN(C(=O)C(C)C)c1cc(F)ccc1Oc1cncnc1N1CC2(CCN(CC3CCC(NC(=O)OC)CC3)CC2)C1. The summed E-state index contributed by atoms with van der Waals surface area (Å²) >= 11 is 0. The Hall–Kier alpha value is -3.47. The van der Waals surface area contributed by atoms with Crippen LogP contribution in [0.25, 0.3) is 0 Å². The van der Waals surface area contributed by atoms with Gasteiger partial charge in [0.15, 0.2) is 17.3 Å². The largest absolute Gasteiger partial charge is 0.453 e. The van der Waals surface area contributed by atoms with E-state index in [1.807, 2.05) is 20.8 Å². The fourth-order valence-electron chi connectivity index (χ4n) is 6.80. The van der Waals surface area contributed by atoms with Gasteiger partial charge >= 0.3 is 6.09 Å². The molecule has 5 rings (SSSR count). The lowest BCUT2D eigenvalue weighted by Gasteiger charge is -2.54. The van der Waals surface area contributed by atoms with Gasteiger partial charge in [-0.3, -0.25) is 4.79 Å². The standard InChI is InChI=1S/C32H45FN6O4/c1-5-39(30(40)22(2)3)26-16-24(33)8-11-27(26)43-28-17-34-21-35-29(28)38-19-32(20-38)12-14-37(15-13-32)18-23-6-9-25(10-7-23)36-31(41)42-4/h8,11,16-17,21-23,25H,5-7,9-10,12-15,18-20H2,1-4H3,(H,36,41). The summed E-state index contributed by atoms with van der Waals surface area (Å²) in [6, 6.07) is 4.48. The van der Waals surface area contributed by atoms with Gasteiger partial charge in [-0.1, -0.05) is 13.8 Å². The third-order valence-electron chi connectivity index (χ3n) is 9.31. The van der Waals surface area contributed by atoms with Crippen molar-refractivity contribution < 1.29 is 23.5 Å². The first-order chi connectivity index (χ1) is 20.7. The van der Waals surface area contributed by atoms with Crippen molar-refractivity contribution in [2.75, 3.05) is 56.2 Å². The molecule has 0 bridgehead atoms. The second-order valence-electron chi connectivity index (χ2n) is 12.7. The zero-order valence-electron chi connectivity index (χ0n) is 25.9. The summed E-state index contributed by atoms with van der Waals surface area (Å²) in [7, 11) is 1.41. The lowest BCUT2D eigenvalue weighted by Crippen LogP contribution is -2.61. The number of methoxy groups -OCH3 is 1. The molecule has 0 atom stereocenters. The zero-order chi connectivity index (χ0) is 30.6. The molecule has 0 radical (unpaired) electrons. The smallest absolute Gasteiger partial charge is 0.407 e. The lowest BCUT2D eigenvalue weighted by atomic mass is 9.71. The maximum Gasteiger partial charge on any atom is 0.407 e. The number of aromatic nitrogens is 2. The minimum absolute atomic E-state index is 0.0956. The minimum atomic E-state index is -0.429. The number of piperidine rings is 1. The van der Waals surface area contributed by atoms with Crippen molar-refractivity contribution in [2.45, 2.75) is 65.3 Å². The fourth-order valence-corrected chi connectivity index (χ4v) is 6.80. The molecule has 3 heterocycles. The first-order valence-electron chi connectivity index (χ1n) is 15.6. The van der Waals surface area contributed by atoms with Gasteiger partial charge in [-0.15, -0.1) is 0 Å². The maximum absolute atomic E-state index is 14.3. The van der Waals surface area contributed by atoms with Gasteiger partial charge in [-0.2, -0.15) is 0 Å². The molecule has 1 aromatic heterocycles. The van der Waals surface area contributed by atoms with E-state index in [1.54, 1.807) is 17.2 Å². The summed E-state index contributed by atoms with van der Waals surface area (Å²) in [5, 5.41) is 2.95. The molecule has 2 aromatic rings. The molecule has 2 amide bonds. The van der Waals surface area contributed by atoms with Crippen molar-refractivity contribution in [3.8, 4) is 11.5 Å². The predicted octanol–water partition coefficient (Wildman–Crippen LogP) is 5.23. The van der Waals surface area contributed by atoms with Crippen LogP contribution in [0.4, 0.5) is 20.7 Å². The second kappa shape index (κ2) is 13.4. The molecule has 3 fully saturated rings. The summed E-state index contributed by atoms with van der Waals surface area (Å²) in [6.07, 6.45) is 9.43. The Morgan fingerprint density at radius 3 is 2.51 bits per heavy atom. The van der Waals surface area contributed by atoms with Crippen LogP contribution in [-0.2, 0) is 9.53 Å². The molecular weight excluding hydrogens is 551 g/mol. The Bertz CT molecular complexity index is 1270. The van der Waals surface area contributed by atoms with E-state index in [-0.39, 0.29) is 29.4 Å². The number of likely N-dealkylation sites (tertiary alicyclic amines) is 1. The molecule has 2 aliphatic heterocycles. The summed E-state index contributed by atoms with van der Waals surface area (Å²) < 4.78 is 25.4. The average molecular weight is 597 g/mol. The number of hydrogen-bond acceptors (Lipinski definition) is 8. The molecule has 1 saturated carbocycles. The molecule has 11 heteroatoms. The summed E-state index contributed by atoms with van der Waals surface area (Å²) in [4.78, 5) is 39.6. The Kier molecular flexibility index (Phi) is 9.68. The third-order valence-corrected chi connectivity index (χ3v) is 9.31. The van der Waals surface area contributed by atoms with Gasteiger partial charge < -0.3 is 29.5 Å². The number of ether oxygens (including phenoxy) is 2. The number of anilines is 2. The van der Waals surface area contributed by atoms with Crippen LogP contribution < -0.4 is 19.9 Å². The van der Waals surface area contributed by atoms with E-state index < -0.39 is 5.82 Å². The second-order valence-corrected chi connectivity index (χ2v) is 12.7. The summed E-state index contributed by atoms with van der Waals surface area (Å²) in [5.41, 5.74) is 0.668. The van der Waals surface area contributed by atoms with Gasteiger partial charge in [-0.05, 0) is 76.6 Å². The molecule has 1 aromatic carbocycles. The van der Waals surface area contributed by atoms with Crippen LogP contribution in [0.3, 0.4) is 0 Å². The first kappa shape index (κ1) is 31.0. The van der Waals surface area contributed by atoms with Crippen molar-refractivity contribution in [2.24, 2.45) is 17.3 Å². The molecule has 1 aliphatic carbocycles. The quantitative estimate of drug-likeness (QED) is 0.420. The van der Waals surface area contributed by atoms with E-state index in [0.29, 0.717) is 35.5 Å². The van der Waals surface area contributed by atoms with Crippen molar-refractivity contribution in [1.29, 1.82) is 0 Å². The molecule has 10 nitrogen and oxygen atoms in total. The van der Waals surface area contributed by atoms with Gasteiger partial charge in [0.25, 0.3) is 0 Å². The highest BCUT2D eigenvalue weighted by molar-refractivity contribution is 5.96. The number of carbonyl (C=O) groups is 2. The summed E-state index contributed by atoms with van der Waals surface area (Å²) in [5.74, 6) is 1.52. The molecule has 0 unspecified atom stereocenters. The van der Waals surface area contributed by atoms with Gasteiger partial charge in [0.1, 0.15) is 12.1 Å². The van der Waals surface area contributed by atoms with Crippen LogP contribution in [0.5, 0.6) is 11.5 Å². The van der Waals surface area contributed by atoms with E-state index in [4.69, 9.17) is 9.47 Å². The maximum atomic E-state index is 14.3. The predicted molar refractivity (Wildman–Crippen MR) is 163 cm³/mol. The number of rotatable bonds is 9. The van der Waals surface area contributed by atoms with Crippen LogP contribution in [0.1, 0.15) is 59.3 Å². The van der Waals surface area contributed by atoms with Crippen molar-refractivity contribution >= 4 is 23.5 Å². The molecule has 2 saturated heterocycles. The number of nitrogens with zero attached hydrogens (tertiary/aromatic N) is 5. The number of nitrogens with one attached hydrogen (secondary N) is 1. The average Bonchev–Trinajstić information content (AvgIpc) is 2.99. The van der Waals surface area contributed by atoms with Crippen LogP contribution in [-0.4, -0.2) is 79.3 Å². The molecular formula is C32H45FN6O4. The lowest BCUT2D eigenvalue weighted by molar-refractivity contribution is -0.121. The van der Waals surface area contributed by atoms with Crippen LogP contribution >= 0.6 is 0 Å². The van der Waals surface area contributed by atoms with E-state index in [9.17, 15) is 14.0 Å². The number of carbonyl (C=O) groups excluding carboxylic acids is 2. The normalized spacial score (nSPS) is 21.8. The monoisotopic (exact) mass is 596 g/mol. The van der Waals surface area contributed by atoms with E-state index in [1.165, 1.54) is 25.6 Å². The van der Waals surface area contributed by atoms with Gasteiger partial charge in [0.05, 0.1) is 19.0 Å². The highest BCUT2D eigenvalue weighted by atomic mass is 19.1. The molecule has 43 heavy (non-hydrogen) atoms. The van der Waals surface area contributed by atoms with Crippen LogP contribution in [0, 0.1) is 23.1 Å². The topological polar surface area (TPSA) is 100 Å². The molecule has 234 valence electrons. The third kappa shape index (κ3) is 7.20. The minimum Gasteiger partial charge on any atom is -0.453 e. The van der Waals surface area contributed by atoms with Crippen LogP contribution in [0.2, 0.25) is 0 Å². The highest BCUT2D eigenvalue weighted by Crippen LogP contribution is 2.45. The van der Waals surface area contributed by atoms with Crippen molar-refractivity contribution in [3.05, 3.63) is 36.5 Å². The Balaban J connectivity index is 1.17.